The first-order valence-electron chi connectivity index (χ1n) is 8.08. The molecule has 0 unspecified atom stereocenters. The standard InChI is InChI=1S/C20H17NO3/c22-18-11-12-19(23)21(18)16-10-9-15-7-4-8-17(20(15)16)24-13-14-5-2-1-3-6-14/h1-8,11-12,16H,9-10,13H2/t16-/m0/s1. The molecule has 1 heterocycles. The molecule has 0 fully saturated rings. The number of amides is 2. The van der Waals surface area contributed by atoms with E-state index in [9.17, 15) is 9.59 Å². The SMILES string of the molecule is O=C1C=CC(=O)N1[C@H]1CCc2cccc(OCc3ccccc3)c21. The number of nitrogens with zero attached hydrogens (tertiary/aromatic N) is 1. The molecule has 0 aromatic heterocycles. The van der Waals surface area contributed by atoms with Crippen molar-refractivity contribution in [2.24, 2.45) is 0 Å². The van der Waals surface area contributed by atoms with Crippen LogP contribution in [0.2, 0.25) is 0 Å². The zero-order valence-corrected chi connectivity index (χ0v) is 13.1. The van der Waals surface area contributed by atoms with Crippen LogP contribution in [0.15, 0.2) is 60.7 Å². The molecule has 2 aromatic rings. The van der Waals surface area contributed by atoms with Crippen molar-refractivity contribution in [2.75, 3.05) is 0 Å². The van der Waals surface area contributed by atoms with Crippen molar-refractivity contribution in [3.05, 3.63) is 77.4 Å². The van der Waals surface area contributed by atoms with Crippen LogP contribution in [0.25, 0.3) is 0 Å². The number of aryl methyl sites for hydroxylation is 1. The lowest BCUT2D eigenvalue weighted by atomic mass is 10.1. The van der Waals surface area contributed by atoms with Crippen molar-refractivity contribution in [3.8, 4) is 5.75 Å². The van der Waals surface area contributed by atoms with Gasteiger partial charge in [-0.2, -0.15) is 0 Å². The molecule has 4 nitrogen and oxygen atoms in total. The normalized spacial score (nSPS) is 19.0. The maximum atomic E-state index is 12.0. The van der Waals surface area contributed by atoms with Crippen molar-refractivity contribution in [3.63, 3.8) is 0 Å². The van der Waals surface area contributed by atoms with Gasteiger partial charge in [0, 0.05) is 17.7 Å². The number of carbonyl (C=O) groups is 2. The number of ether oxygens (including phenoxy) is 1. The first kappa shape index (κ1) is 14.7. The third kappa shape index (κ3) is 2.50. The Morgan fingerprint density at radius 2 is 1.71 bits per heavy atom. The molecule has 4 rings (SSSR count). The van der Waals surface area contributed by atoms with Crippen molar-refractivity contribution < 1.29 is 14.3 Å². The molecule has 2 amide bonds. The van der Waals surface area contributed by atoms with E-state index in [1.54, 1.807) is 0 Å². The highest BCUT2D eigenvalue weighted by Crippen LogP contribution is 2.42. The molecule has 120 valence electrons. The van der Waals surface area contributed by atoms with Gasteiger partial charge in [-0.1, -0.05) is 42.5 Å². The Bertz CT molecular complexity index is 808. The van der Waals surface area contributed by atoms with Gasteiger partial charge in [0.05, 0.1) is 6.04 Å². The minimum atomic E-state index is -0.240. The molecule has 2 aliphatic rings. The van der Waals surface area contributed by atoms with E-state index in [4.69, 9.17) is 4.74 Å². The molecule has 4 heteroatoms. The summed E-state index contributed by atoms with van der Waals surface area (Å²) in [4.78, 5) is 25.4. The van der Waals surface area contributed by atoms with Gasteiger partial charge in [0.2, 0.25) is 0 Å². The predicted molar refractivity (Wildman–Crippen MR) is 89.3 cm³/mol. The van der Waals surface area contributed by atoms with Crippen molar-refractivity contribution in [2.45, 2.75) is 25.5 Å². The van der Waals surface area contributed by atoms with Gasteiger partial charge in [-0.25, -0.2) is 0 Å². The molecule has 0 N–H and O–H groups in total. The van der Waals surface area contributed by atoms with Crippen LogP contribution in [0.3, 0.4) is 0 Å². The van der Waals surface area contributed by atoms with Crippen molar-refractivity contribution in [1.82, 2.24) is 4.90 Å². The summed E-state index contributed by atoms with van der Waals surface area (Å²) in [6, 6.07) is 15.6. The van der Waals surface area contributed by atoms with Crippen molar-refractivity contribution in [1.29, 1.82) is 0 Å². The number of hydrogen-bond acceptors (Lipinski definition) is 3. The molecule has 0 saturated carbocycles. The number of fused-ring (bicyclic) bond motifs is 1. The Morgan fingerprint density at radius 1 is 0.958 bits per heavy atom. The maximum absolute atomic E-state index is 12.0. The summed E-state index contributed by atoms with van der Waals surface area (Å²) in [5.74, 6) is 0.276. The zero-order valence-electron chi connectivity index (χ0n) is 13.1. The van der Waals surface area contributed by atoms with Gasteiger partial charge in [0.25, 0.3) is 11.8 Å². The smallest absolute Gasteiger partial charge is 0.254 e. The van der Waals surface area contributed by atoms with Crippen LogP contribution in [0, 0.1) is 0 Å². The van der Waals surface area contributed by atoms with E-state index in [2.05, 4.69) is 0 Å². The Balaban J connectivity index is 1.62. The van der Waals surface area contributed by atoms with E-state index in [-0.39, 0.29) is 17.9 Å². The average molecular weight is 319 g/mol. The summed E-state index contributed by atoms with van der Waals surface area (Å²) >= 11 is 0. The Hall–Kier alpha value is -2.88. The highest BCUT2D eigenvalue weighted by molar-refractivity contribution is 6.13. The fourth-order valence-corrected chi connectivity index (χ4v) is 3.46. The fraction of sp³-hybridized carbons (Fsp3) is 0.200. The van der Waals surface area contributed by atoms with Crippen LogP contribution in [0.4, 0.5) is 0 Å². The summed E-state index contributed by atoms with van der Waals surface area (Å²) in [5, 5.41) is 0. The maximum Gasteiger partial charge on any atom is 0.254 e. The number of benzene rings is 2. The van der Waals surface area contributed by atoms with E-state index in [0.717, 1.165) is 35.3 Å². The fourth-order valence-electron chi connectivity index (χ4n) is 3.46. The first-order chi connectivity index (χ1) is 11.7. The minimum Gasteiger partial charge on any atom is -0.489 e. The van der Waals surface area contributed by atoms with Gasteiger partial charge in [0.1, 0.15) is 12.4 Å². The molecular formula is C20H17NO3. The Labute approximate surface area is 140 Å². The quantitative estimate of drug-likeness (QED) is 0.813. The van der Waals surface area contributed by atoms with E-state index in [1.807, 2.05) is 48.5 Å². The molecule has 1 atom stereocenters. The number of carbonyl (C=O) groups excluding carboxylic acids is 2. The number of imide groups is 1. The monoisotopic (exact) mass is 319 g/mol. The van der Waals surface area contributed by atoms with Crippen LogP contribution in [-0.2, 0) is 22.6 Å². The summed E-state index contributed by atoms with van der Waals surface area (Å²) in [6.45, 7) is 0.462. The first-order valence-corrected chi connectivity index (χ1v) is 8.08. The van der Waals surface area contributed by atoms with Gasteiger partial charge < -0.3 is 4.74 Å². The van der Waals surface area contributed by atoms with Gasteiger partial charge in [-0.15, -0.1) is 0 Å². The van der Waals surface area contributed by atoms with Crippen LogP contribution in [0.1, 0.15) is 29.2 Å². The molecule has 1 aliphatic heterocycles. The molecular weight excluding hydrogens is 302 g/mol. The van der Waals surface area contributed by atoms with Crippen molar-refractivity contribution >= 4 is 11.8 Å². The molecule has 0 bridgehead atoms. The summed E-state index contributed by atoms with van der Waals surface area (Å²) < 4.78 is 6.03. The van der Waals surface area contributed by atoms with Crippen LogP contribution >= 0.6 is 0 Å². The van der Waals surface area contributed by atoms with Gasteiger partial charge >= 0.3 is 0 Å². The molecule has 1 aliphatic carbocycles. The topological polar surface area (TPSA) is 46.6 Å². The number of rotatable bonds is 4. The lowest BCUT2D eigenvalue weighted by Gasteiger charge is -2.24. The van der Waals surface area contributed by atoms with Crippen LogP contribution < -0.4 is 4.74 Å². The summed E-state index contributed by atoms with van der Waals surface area (Å²) in [7, 11) is 0. The average Bonchev–Trinajstić information content (AvgIpc) is 3.17. The molecule has 0 radical (unpaired) electrons. The van der Waals surface area contributed by atoms with Crippen LogP contribution in [-0.4, -0.2) is 16.7 Å². The second-order valence-electron chi connectivity index (χ2n) is 6.04. The van der Waals surface area contributed by atoms with E-state index in [1.165, 1.54) is 17.1 Å². The zero-order chi connectivity index (χ0) is 16.5. The highest BCUT2D eigenvalue weighted by Gasteiger charge is 2.37. The predicted octanol–water partition coefficient (Wildman–Crippen LogP) is 3.18. The summed E-state index contributed by atoms with van der Waals surface area (Å²) in [6.07, 6.45) is 4.28. The largest absolute Gasteiger partial charge is 0.489 e. The lowest BCUT2D eigenvalue weighted by molar-refractivity contribution is -0.139. The summed E-state index contributed by atoms with van der Waals surface area (Å²) in [5.41, 5.74) is 3.21. The third-order valence-corrected chi connectivity index (χ3v) is 4.57. The second-order valence-corrected chi connectivity index (χ2v) is 6.04. The molecule has 24 heavy (non-hydrogen) atoms. The Morgan fingerprint density at radius 3 is 2.46 bits per heavy atom. The number of hydrogen-bond donors (Lipinski definition) is 0. The van der Waals surface area contributed by atoms with Gasteiger partial charge in [-0.3, -0.25) is 14.5 Å². The van der Waals surface area contributed by atoms with E-state index >= 15 is 0 Å². The second kappa shape index (κ2) is 5.96. The highest BCUT2D eigenvalue weighted by atomic mass is 16.5. The third-order valence-electron chi connectivity index (χ3n) is 4.57. The van der Waals surface area contributed by atoms with E-state index in [0.29, 0.717) is 6.61 Å². The van der Waals surface area contributed by atoms with Gasteiger partial charge in [-0.05, 0) is 30.0 Å². The molecule has 2 aromatic carbocycles. The van der Waals surface area contributed by atoms with Gasteiger partial charge in [0.15, 0.2) is 0 Å². The lowest BCUT2D eigenvalue weighted by Crippen LogP contribution is -2.33. The van der Waals surface area contributed by atoms with E-state index < -0.39 is 0 Å². The Kier molecular flexibility index (Phi) is 3.65. The minimum absolute atomic E-state index is 0.234. The molecule has 0 saturated heterocycles. The molecule has 0 spiro atoms. The van der Waals surface area contributed by atoms with Crippen LogP contribution in [0.5, 0.6) is 5.75 Å².